The van der Waals surface area contributed by atoms with Crippen LogP contribution in [-0.2, 0) is 10.8 Å². The van der Waals surface area contributed by atoms with Gasteiger partial charge in [0.1, 0.15) is 0 Å². The molecule has 0 fully saturated rings. The molecular weight excluding hydrogens is 711 g/mol. The normalized spacial score (nSPS) is 14.0. The lowest BCUT2D eigenvalue weighted by atomic mass is 9.81. The Hall–Kier alpha value is -6.96. The Labute approximate surface area is 347 Å². The lowest BCUT2D eigenvalue weighted by Gasteiger charge is -2.30. The summed E-state index contributed by atoms with van der Waals surface area (Å²) in [5.41, 5.74) is 21.4. The Bertz CT molecular complexity index is 3090. The van der Waals surface area contributed by atoms with Crippen molar-refractivity contribution in [3.8, 4) is 55.6 Å². The first-order valence-electron chi connectivity index (χ1n) is 20.8. The Kier molecular flexibility index (Phi) is 7.94. The molecule has 0 bridgehead atoms. The third-order valence-corrected chi connectivity index (χ3v) is 13.3. The van der Waals surface area contributed by atoms with E-state index in [4.69, 9.17) is 0 Å². The fourth-order valence-corrected chi connectivity index (χ4v) is 10.1. The molecule has 11 rings (SSSR count). The van der Waals surface area contributed by atoms with Crippen LogP contribution in [0.1, 0.15) is 49.9 Å². The summed E-state index contributed by atoms with van der Waals surface area (Å²) in [5, 5.41) is 2.54. The van der Waals surface area contributed by atoms with Gasteiger partial charge >= 0.3 is 0 Å². The predicted molar refractivity (Wildman–Crippen MR) is 250 cm³/mol. The van der Waals surface area contributed by atoms with E-state index in [1.807, 2.05) is 0 Å². The molecule has 59 heavy (non-hydrogen) atoms. The first kappa shape index (κ1) is 35.2. The Morgan fingerprint density at radius 3 is 1.49 bits per heavy atom. The van der Waals surface area contributed by atoms with Crippen LogP contribution in [0, 0.1) is 0 Å². The van der Waals surface area contributed by atoms with Gasteiger partial charge in [0, 0.05) is 27.8 Å². The molecule has 0 saturated carbocycles. The molecule has 1 heteroatoms. The van der Waals surface area contributed by atoms with E-state index in [1.165, 1.54) is 88.7 Å². The fraction of sp³-hybridized carbons (Fsp3) is 0.103. The van der Waals surface area contributed by atoms with Gasteiger partial charge in [-0.3, -0.25) is 0 Å². The third-order valence-electron chi connectivity index (χ3n) is 13.3. The maximum absolute atomic E-state index is 2.45. The van der Waals surface area contributed by atoms with Crippen LogP contribution in [0.15, 0.2) is 200 Å². The molecule has 0 unspecified atom stereocenters. The molecule has 282 valence electrons. The number of fused-ring (bicyclic) bond motifs is 7. The van der Waals surface area contributed by atoms with Crippen LogP contribution in [0.2, 0.25) is 0 Å². The van der Waals surface area contributed by atoms with Crippen molar-refractivity contribution in [2.45, 2.75) is 38.5 Å². The maximum atomic E-state index is 2.45. The SMILES string of the molecule is CC1(C)c2ccccc2-c2ccc(-c3ccc(N(c4ccc5c(c4)C(C)(C)c4cc(-c6ccc7ccccc7c6)ccc4-5)c4ccccc4-c4ccccc4)cc3)cc21. The highest BCUT2D eigenvalue weighted by Crippen LogP contribution is 2.53. The van der Waals surface area contributed by atoms with E-state index in [-0.39, 0.29) is 10.8 Å². The Morgan fingerprint density at radius 2 is 0.763 bits per heavy atom. The molecular formula is C58H45N. The second-order valence-corrected chi connectivity index (χ2v) is 17.4. The minimum Gasteiger partial charge on any atom is -0.310 e. The quantitative estimate of drug-likeness (QED) is 0.163. The number of nitrogens with zero attached hydrogens (tertiary/aromatic N) is 1. The van der Waals surface area contributed by atoms with Gasteiger partial charge in [-0.05, 0) is 132 Å². The van der Waals surface area contributed by atoms with E-state index < -0.39 is 0 Å². The van der Waals surface area contributed by atoms with Crippen molar-refractivity contribution in [1.82, 2.24) is 0 Å². The summed E-state index contributed by atoms with van der Waals surface area (Å²) in [6.07, 6.45) is 0. The summed E-state index contributed by atoms with van der Waals surface area (Å²) in [6, 6.07) is 74.3. The molecule has 0 heterocycles. The average Bonchev–Trinajstić information content (AvgIpc) is 3.65. The van der Waals surface area contributed by atoms with Gasteiger partial charge in [-0.15, -0.1) is 0 Å². The molecule has 0 amide bonds. The zero-order valence-electron chi connectivity index (χ0n) is 34.0. The molecule has 9 aromatic carbocycles. The average molecular weight is 756 g/mol. The van der Waals surface area contributed by atoms with Crippen LogP contribution in [0.25, 0.3) is 66.4 Å². The van der Waals surface area contributed by atoms with Crippen LogP contribution in [-0.4, -0.2) is 0 Å². The van der Waals surface area contributed by atoms with Gasteiger partial charge in [0.25, 0.3) is 0 Å². The van der Waals surface area contributed by atoms with Crippen molar-refractivity contribution in [2.24, 2.45) is 0 Å². The van der Waals surface area contributed by atoms with Crippen LogP contribution >= 0.6 is 0 Å². The second kappa shape index (κ2) is 13.3. The minimum absolute atomic E-state index is 0.0428. The molecule has 0 aromatic heterocycles. The highest BCUT2D eigenvalue weighted by Gasteiger charge is 2.37. The first-order valence-corrected chi connectivity index (χ1v) is 20.8. The monoisotopic (exact) mass is 755 g/mol. The van der Waals surface area contributed by atoms with Gasteiger partial charge in [-0.2, -0.15) is 0 Å². The standard InChI is InChI=1S/C58H45N/c1-57(2)52-20-12-10-19-48(52)49-31-26-43(35-53(49)57)39-24-28-45(29-25-39)59(56-21-13-11-18-47(56)40-15-6-5-7-16-40)46-30-33-51-50-32-27-44(36-54(50)58(3,4)55(51)37-46)42-23-22-38-14-8-9-17-41(38)34-42/h5-37H,1-4H3. The molecule has 2 aliphatic rings. The van der Waals surface area contributed by atoms with Gasteiger partial charge in [0.15, 0.2) is 0 Å². The fourth-order valence-electron chi connectivity index (χ4n) is 10.1. The van der Waals surface area contributed by atoms with Gasteiger partial charge in [-0.25, -0.2) is 0 Å². The minimum atomic E-state index is -0.191. The molecule has 2 aliphatic carbocycles. The highest BCUT2D eigenvalue weighted by atomic mass is 15.1. The van der Waals surface area contributed by atoms with E-state index in [1.54, 1.807) is 0 Å². The van der Waals surface area contributed by atoms with Crippen molar-refractivity contribution in [1.29, 1.82) is 0 Å². The van der Waals surface area contributed by atoms with Crippen molar-refractivity contribution in [3.05, 3.63) is 222 Å². The number of rotatable bonds is 6. The third kappa shape index (κ3) is 5.60. The lowest BCUT2D eigenvalue weighted by molar-refractivity contribution is 0.660. The van der Waals surface area contributed by atoms with Crippen molar-refractivity contribution >= 4 is 27.8 Å². The molecule has 0 spiro atoms. The van der Waals surface area contributed by atoms with E-state index >= 15 is 0 Å². The van der Waals surface area contributed by atoms with E-state index in [2.05, 4.69) is 233 Å². The summed E-state index contributed by atoms with van der Waals surface area (Å²) < 4.78 is 0. The zero-order valence-corrected chi connectivity index (χ0v) is 34.0. The zero-order chi connectivity index (χ0) is 39.9. The molecule has 0 saturated heterocycles. The molecule has 0 radical (unpaired) electrons. The molecule has 1 nitrogen and oxygen atoms in total. The summed E-state index contributed by atoms with van der Waals surface area (Å²) in [4.78, 5) is 2.45. The maximum Gasteiger partial charge on any atom is 0.0540 e. The Balaban J connectivity index is 1.01. The number of hydrogen-bond acceptors (Lipinski definition) is 1. The highest BCUT2D eigenvalue weighted by molar-refractivity contribution is 5.93. The van der Waals surface area contributed by atoms with Crippen molar-refractivity contribution in [2.75, 3.05) is 4.90 Å². The number of hydrogen-bond donors (Lipinski definition) is 0. The van der Waals surface area contributed by atoms with Crippen LogP contribution in [0.4, 0.5) is 17.1 Å². The van der Waals surface area contributed by atoms with Gasteiger partial charge in [-0.1, -0.05) is 179 Å². The lowest BCUT2D eigenvalue weighted by Crippen LogP contribution is -2.17. The van der Waals surface area contributed by atoms with Gasteiger partial charge < -0.3 is 4.90 Å². The molecule has 9 aromatic rings. The van der Waals surface area contributed by atoms with Crippen LogP contribution in [0.3, 0.4) is 0 Å². The number of para-hydroxylation sites is 1. The molecule has 0 aliphatic heterocycles. The largest absolute Gasteiger partial charge is 0.310 e. The second-order valence-electron chi connectivity index (χ2n) is 17.4. The Morgan fingerprint density at radius 1 is 0.288 bits per heavy atom. The van der Waals surface area contributed by atoms with Crippen molar-refractivity contribution in [3.63, 3.8) is 0 Å². The van der Waals surface area contributed by atoms with Crippen LogP contribution in [0.5, 0.6) is 0 Å². The predicted octanol–water partition coefficient (Wildman–Crippen LogP) is 15.9. The van der Waals surface area contributed by atoms with E-state index in [0.717, 1.165) is 17.1 Å². The first-order chi connectivity index (χ1) is 28.8. The van der Waals surface area contributed by atoms with Gasteiger partial charge in [0.2, 0.25) is 0 Å². The topological polar surface area (TPSA) is 3.24 Å². The molecule has 0 atom stereocenters. The summed E-state index contributed by atoms with van der Waals surface area (Å²) in [5.74, 6) is 0. The number of anilines is 3. The number of benzene rings is 9. The summed E-state index contributed by atoms with van der Waals surface area (Å²) in [7, 11) is 0. The summed E-state index contributed by atoms with van der Waals surface area (Å²) in [6.45, 7) is 9.48. The van der Waals surface area contributed by atoms with E-state index in [9.17, 15) is 0 Å². The summed E-state index contributed by atoms with van der Waals surface area (Å²) >= 11 is 0. The van der Waals surface area contributed by atoms with Crippen LogP contribution < -0.4 is 4.90 Å². The smallest absolute Gasteiger partial charge is 0.0540 e. The molecule has 0 N–H and O–H groups in total. The van der Waals surface area contributed by atoms with Crippen molar-refractivity contribution < 1.29 is 0 Å². The van der Waals surface area contributed by atoms with Gasteiger partial charge in [0.05, 0.1) is 5.69 Å². The van der Waals surface area contributed by atoms with E-state index in [0.29, 0.717) is 0 Å².